The van der Waals surface area contributed by atoms with Crippen LogP contribution in [0.3, 0.4) is 0 Å². The first-order chi connectivity index (χ1) is 7.33. The fourth-order valence-electron chi connectivity index (χ4n) is 0.485. The Balaban J connectivity index is 3.81. The molecule has 0 rings (SSSR count). The van der Waals surface area contributed by atoms with Gasteiger partial charge in [0.1, 0.15) is 13.2 Å². The first-order valence-corrected chi connectivity index (χ1v) is 4.09. The third-order valence-electron chi connectivity index (χ3n) is 1.27. The van der Waals surface area contributed by atoms with Crippen molar-refractivity contribution in [3.05, 3.63) is 25.3 Å². The molecule has 90 valence electrons. The van der Waals surface area contributed by atoms with Crippen LogP contribution in [0.15, 0.2) is 25.3 Å². The number of halogens is 4. The average molecular weight is 238 g/mol. The summed E-state index contributed by atoms with van der Waals surface area (Å²) >= 11 is 0. The molecule has 0 aromatic heterocycles. The number of ether oxygens (including phenoxy) is 2. The molecule has 0 aliphatic carbocycles. The molecular weight excluding hydrogens is 228 g/mol. The third kappa shape index (κ3) is 7.04. The van der Waals surface area contributed by atoms with Gasteiger partial charge in [-0.3, -0.25) is 0 Å². The predicted molar refractivity (Wildman–Crippen MR) is 50.0 cm³/mol. The van der Waals surface area contributed by atoms with E-state index in [9.17, 15) is 17.6 Å². The number of hydrogen-bond acceptors (Lipinski definition) is 2. The molecule has 0 N–H and O–H groups in total. The normalized spacial score (nSPS) is 11.5. The van der Waals surface area contributed by atoms with Crippen LogP contribution in [0, 0.1) is 11.8 Å². The molecule has 0 amide bonds. The van der Waals surface area contributed by atoms with E-state index in [4.69, 9.17) is 0 Å². The van der Waals surface area contributed by atoms with Crippen molar-refractivity contribution < 1.29 is 27.0 Å². The van der Waals surface area contributed by atoms with E-state index in [0.717, 1.165) is 0 Å². The lowest BCUT2D eigenvalue weighted by Gasteiger charge is -2.09. The first-order valence-electron chi connectivity index (χ1n) is 4.09. The maximum atomic E-state index is 12.3. The standard InChI is InChI=1S/C10H10F4O2/c1-3-9(11,12)15-7-5-6-8-16-10(13,14)4-2/h3-4H,1-2,7-8H2. The summed E-state index contributed by atoms with van der Waals surface area (Å²) in [6.07, 6.45) is -6.34. The van der Waals surface area contributed by atoms with Crippen molar-refractivity contribution in [2.75, 3.05) is 13.2 Å². The zero-order valence-electron chi connectivity index (χ0n) is 8.31. The highest BCUT2D eigenvalue weighted by Gasteiger charge is 2.24. The maximum Gasteiger partial charge on any atom is 0.377 e. The van der Waals surface area contributed by atoms with E-state index in [0.29, 0.717) is 12.2 Å². The molecule has 0 unspecified atom stereocenters. The van der Waals surface area contributed by atoms with E-state index in [1.54, 1.807) is 0 Å². The lowest BCUT2D eigenvalue weighted by Crippen LogP contribution is -2.18. The van der Waals surface area contributed by atoms with Gasteiger partial charge in [-0.1, -0.05) is 25.0 Å². The van der Waals surface area contributed by atoms with Crippen molar-refractivity contribution in [3.8, 4) is 11.8 Å². The molecular formula is C10H10F4O2. The molecule has 0 aliphatic heterocycles. The Morgan fingerprint density at radius 1 is 0.875 bits per heavy atom. The Bertz CT molecular complexity index is 274. The summed E-state index contributed by atoms with van der Waals surface area (Å²) in [4.78, 5) is 0. The molecule has 0 aromatic rings. The van der Waals surface area contributed by atoms with E-state index < -0.39 is 25.4 Å². The minimum absolute atomic E-state index is 0.303. The molecule has 0 heterocycles. The number of rotatable bonds is 6. The quantitative estimate of drug-likeness (QED) is 0.402. The highest BCUT2D eigenvalue weighted by Crippen LogP contribution is 2.15. The van der Waals surface area contributed by atoms with E-state index in [2.05, 4.69) is 34.5 Å². The van der Waals surface area contributed by atoms with Crippen molar-refractivity contribution >= 4 is 0 Å². The second-order valence-corrected chi connectivity index (χ2v) is 2.46. The van der Waals surface area contributed by atoms with E-state index in [1.807, 2.05) is 0 Å². The summed E-state index contributed by atoms with van der Waals surface area (Å²) in [5, 5.41) is 0. The molecule has 0 saturated carbocycles. The van der Waals surface area contributed by atoms with Crippen LogP contribution in [-0.4, -0.2) is 25.4 Å². The number of hydrogen-bond donors (Lipinski definition) is 0. The molecule has 0 radical (unpaired) electrons. The Morgan fingerprint density at radius 3 is 1.44 bits per heavy atom. The molecule has 0 aromatic carbocycles. The van der Waals surface area contributed by atoms with E-state index in [1.165, 1.54) is 0 Å². The average Bonchev–Trinajstić information content (AvgIpc) is 2.23. The predicted octanol–water partition coefficient (Wildman–Crippen LogP) is 2.58. The Labute approximate surface area is 90.5 Å². The van der Waals surface area contributed by atoms with Gasteiger partial charge in [-0.15, -0.1) is 0 Å². The Kier molecular flexibility index (Phi) is 5.78. The van der Waals surface area contributed by atoms with Crippen LogP contribution in [0.5, 0.6) is 0 Å². The molecule has 6 heteroatoms. The lowest BCUT2D eigenvalue weighted by molar-refractivity contribution is -0.193. The van der Waals surface area contributed by atoms with Crippen LogP contribution in [-0.2, 0) is 9.47 Å². The fraction of sp³-hybridized carbons (Fsp3) is 0.400. The number of alkyl halides is 4. The van der Waals surface area contributed by atoms with Gasteiger partial charge in [-0.25, -0.2) is 0 Å². The van der Waals surface area contributed by atoms with E-state index in [-0.39, 0.29) is 0 Å². The minimum atomic E-state index is -3.47. The van der Waals surface area contributed by atoms with Gasteiger partial charge in [0.2, 0.25) is 0 Å². The third-order valence-corrected chi connectivity index (χ3v) is 1.27. The highest BCUT2D eigenvalue weighted by atomic mass is 19.3. The minimum Gasteiger partial charge on any atom is -0.304 e. The van der Waals surface area contributed by atoms with Crippen LogP contribution >= 0.6 is 0 Å². The topological polar surface area (TPSA) is 18.5 Å². The van der Waals surface area contributed by atoms with Gasteiger partial charge in [-0.05, 0) is 0 Å². The van der Waals surface area contributed by atoms with Gasteiger partial charge in [-0.2, -0.15) is 17.6 Å². The van der Waals surface area contributed by atoms with Gasteiger partial charge in [0.05, 0.1) is 0 Å². The molecule has 0 fully saturated rings. The van der Waals surface area contributed by atoms with Crippen LogP contribution in [0.4, 0.5) is 17.6 Å². The Morgan fingerprint density at radius 2 is 1.19 bits per heavy atom. The van der Waals surface area contributed by atoms with Crippen molar-refractivity contribution in [3.63, 3.8) is 0 Å². The highest BCUT2D eigenvalue weighted by molar-refractivity contribution is 5.00. The summed E-state index contributed by atoms with van der Waals surface area (Å²) in [6, 6.07) is 0. The molecule has 0 bridgehead atoms. The van der Waals surface area contributed by atoms with Crippen LogP contribution in [0.2, 0.25) is 0 Å². The fourth-order valence-corrected chi connectivity index (χ4v) is 0.485. The van der Waals surface area contributed by atoms with Crippen molar-refractivity contribution in [1.29, 1.82) is 0 Å². The first kappa shape index (κ1) is 14.7. The Hall–Kier alpha value is -1.32. The summed E-state index contributed by atoms with van der Waals surface area (Å²) < 4.78 is 57.2. The zero-order valence-corrected chi connectivity index (χ0v) is 8.31. The second-order valence-electron chi connectivity index (χ2n) is 2.46. The summed E-state index contributed by atoms with van der Waals surface area (Å²) in [6.45, 7) is 4.45. The molecule has 2 nitrogen and oxygen atoms in total. The van der Waals surface area contributed by atoms with Gasteiger partial charge in [0.15, 0.2) is 0 Å². The zero-order chi connectivity index (χ0) is 12.7. The molecule has 0 aliphatic rings. The van der Waals surface area contributed by atoms with Gasteiger partial charge >= 0.3 is 12.2 Å². The smallest absolute Gasteiger partial charge is 0.304 e. The van der Waals surface area contributed by atoms with Gasteiger partial charge in [0.25, 0.3) is 0 Å². The van der Waals surface area contributed by atoms with Crippen molar-refractivity contribution in [2.24, 2.45) is 0 Å². The molecule has 0 atom stereocenters. The SMILES string of the molecule is C=CC(F)(F)OCC#CCOC(F)(F)C=C. The van der Waals surface area contributed by atoms with Gasteiger partial charge < -0.3 is 9.47 Å². The molecule has 0 spiro atoms. The van der Waals surface area contributed by atoms with Crippen LogP contribution < -0.4 is 0 Å². The molecule has 16 heavy (non-hydrogen) atoms. The summed E-state index contributed by atoms with van der Waals surface area (Å²) in [5.41, 5.74) is 0. The van der Waals surface area contributed by atoms with E-state index >= 15 is 0 Å². The largest absolute Gasteiger partial charge is 0.377 e. The van der Waals surface area contributed by atoms with Crippen LogP contribution in [0.1, 0.15) is 0 Å². The van der Waals surface area contributed by atoms with Crippen LogP contribution in [0.25, 0.3) is 0 Å². The van der Waals surface area contributed by atoms with Crippen molar-refractivity contribution in [2.45, 2.75) is 12.2 Å². The monoisotopic (exact) mass is 238 g/mol. The lowest BCUT2D eigenvalue weighted by atomic mass is 10.5. The molecule has 0 saturated heterocycles. The second kappa shape index (κ2) is 6.30. The maximum absolute atomic E-state index is 12.3. The summed E-state index contributed by atoms with van der Waals surface area (Å²) in [7, 11) is 0. The van der Waals surface area contributed by atoms with Crippen molar-refractivity contribution in [1.82, 2.24) is 0 Å². The van der Waals surface area contributed by atoms with Gasteiger partial charge in [0, 0.05) is 12.2 Å². The summed E-state index contributed by atoms with van der Waals surface area (Å²) in [5.74, 6) is 4.16.